The van der Waals surface area contributed by atoms with Gasteiger partial charge in [-0.15, -0.1) is 0 Å². The van der Waals surface area contributed by atoms with Crippen molar-refractivity contribution >= 4 is 5.91 Å². The van der Waals surface area contributed by atoms with E-state index in [-0.39, 0.29) is 11.9 Å². The summed E-state index contributed by atoms with van der Waals surface area (Å²) in [5.74, 6) is -0.276. The molecule has 0 aromatic rings. The molecule has 0 saturated carbocycles. The maximum absolute atomic E-state index is 10.9. The highest BCUT2D eigenvalue weighted by Gasteiger charge is 2.28. The molecule has 4 heteroatoms. The van der Waals surface area contributed by atoms with E-state index in [1.165, 1.54) is 0 Å². The first-order valence-corrected chi connectivity index (χ1v) is 4.10. The second-order valence-corrected chi connectivity index (χ2v) is 3.02. The molecule has 0 bridgehead atoms. The average Bonchev–Trinajstić information content (AvgIpc) is 2.50. The molecule has 1 fully saturated rings. The van der Waals surface area contributed by atoms with Crippen molar-refractivity contribution in [1.29, 1.82) is 0 Å². The predicted molar refractivity (Wildman–Crippen MR) is 47.1 cm³/mol. The standard InChI is InChI=1S/C8H15N3O/c1-6(5-9)11-4-2-3-7(11)8(10)12/h7H,1-5,9H2,(H2,10,12). The van der Waals surface area contributed by atoms with Gasteiger partial charge in [0.05, 0.1) is 0 Å². The summed E-state index contributed by atoms with van der Waals surface area (Å²) >= 11 is 0. The largest absolute Gasteiger partial charge is 0.368 e. The molecule has 1 aliphatic rings. The zero-order valence-electron chi connectivity index (χ0n) is 7.12. The van der Waals surface area contributed by atoms with Crippen LogP contribution in [0.4, 0.5) is 0 Å². The molecular weight excluding hydrogens is 154 g/mol. The smallest absolute Gasteiger partial charge is 0.240 e. The molecule has 4 N–H and O–H groups in total. The molecule has 1 amide bonds. The molecule has 68 valence electrons. The summed E-state index contributed by atoms with van der Waals surface area (Å²) in [5.41, 5.74) is 11.4. The zero-order chi connectivity index (χ0) is 9.14. The van der Waals surface area contributed by atoms with Gasteiger partial charge in [-0.05, 0) is 12.8 Å². The fourth-order valence-electron chi connectivity index (χ4n) is 1.56. The third-order valence-electron chi connectivity index (χ3n) is 2.22. The number of amides is 1. The van der Waals surface area contributed by atoms with Crippen LogP contribution in [0, 0.1) is 0 Å². The molecule has 0 aromatic heterocycles. The van der Waals surface area contributed by atoms with Gasteiger partial charge >= 0.3 is 0 Å². The molecule has 1 atom stereocenters. The first-order chi connectivity index (χ1) is 5.66. The minimum absolute atomic E-state index is 0.180. The van der Waals surface area contributed by atoms with E-state index in [9.17, 15) is 4.79 Å². The average molecular weight is 169 g/mol. The monoisotopic (exact) mass is 169 g/mol. The highest BCUT2D eigenvalue weighted by atomic mass is 16.1. The molecule has 1 rings (SSSR count). The van der Waals surface area contributed by atoms with Gasteiger partial charge < -0.3 is 16.4 Å². The Hall–Kier alpha value is -1.03. The predicted octanol–water partition coefficient (Wildman–Crippen LogP) is -0.591. The van der Waals surface area contributed by atoms with Crippen LogP contribution in [0.5, 0.6) is 0 Å². The fourth-order valence-corrected chi connectivity index (χ4v) is 1.56. The number of carbonyl (C=O) groups excluding carboxylic acids is 1. The van der Waals surface area contributed by atoms with Gasteiger partial charge in [-0.25, -0.2) is 0 Å². The molecule has 1 saturated heterocycles. The van der Waals surface area contributed by atoms with Gasteiger partial charge in [0.1, 0.15) is 6.04 Å². The second kappa shape index (κ2) is 3.58. The molecule has 0 radical (unpaired) electrons. The fraction of sp³-hybridized carbons (Fsp3) is 0.625. The van der Waals surface area contributed by atoms with E-state index < -0.39 is 0 Å². The minimum atomic E-state index is -0.276. The van der Waals surface area contributed by atoms with Crippen LogP contribution < -0.4 is 11.5 Å². The molecule has 4 nitrogen and oxygen atoms in total. The van der Waals surface area contributed by atoms with Gasteiger partial charge in [0.15, 0.2) is 0 Å². The molecule has 1 unspecified atom stereocenters. The Morgan fingerprint density at radius 3 is 2.83 bits per heavy atom. The van der Waals surface area contributed by atoms with E-state index >= 15 is 0 Å². The first-order valence-electron chi connectivity index (χ1n) is 4.10. The zero-order valence-corrected chi connectivity index (χ0v) is 7.12. The van der Waals surface area contributed by atoms with Crippen LogP contribution in [0.1, 0.15) is 12.8 Å². The van der Waals surface area contributed by atoms with Gasteiger partial charge in [-0.1, -0.05) is 6.58 Å². The van der Waals surface area contributed by atoms with Crippen LogP contribution in [0.2, 0.25) is 0 Å². The van der Waals surface area contributed by atoms with E-state index in [4.69, 9.17) is 11.5 Å². The van der Waals surface area contributed by atoms with Gasteiger partial charge in [0, 0.05) is 18.8 Å². The highest BCUT2D eigenvalue weighted by Crippen LogP contribution is 2.20. The topological polar surface area (TPSA) is 72.3 Å². The van der Waals surface area contributed by atoms with Crippen molar-refractivity contribution in [2.24, 2.45) is 11.5 Å². The number of rotatable bonds is 3. The summed E-state index contributed by atoms with van der Waals surface area (Å²) in [5, 5.41) is 0. The number of nitrogens with two attached hydrogens (primary N) is 2. The number of primary amides is 1. The van der Waals surface area contributed by atoms with Crippen LogP contribution >= 0.6 is 0 Å². The Morgan fingerprint density at radius 1 is 1.67 bits per heavy atom. The lowest BCUT2D eigenvalue weighted by Gasteiger charge is -2.25. The molecule has 0 aliphatic carbocycles. The van der Waals surface area contributed by atoms with Crippen molar-refractivity contribution in [2.45, 2.75) is 18.9 Å². The van der Waals surface area contributed by atoms with Crippen molar-refractivity contribution in [3.8, 4) is 0 Å². The number of carbonyl (C=O) groups is 1. The third kappa shape index (κ3) is 1.58. The number of hydrogen-bond donors (Lipinski definition) is 2. The second-order valence-electron chi connectivity index (χ2n) is 3.02. The summed E-state index contributed by atoms with van der Waals surface area (Å²) in [6.45, 7) is 5.02. The number of likely N-dealkylation sites (tertiary alicyclic amines) is 1. The Kier molecular flexibility index (Phi) is 2.70. The van der Waals surface area contributed by atoms with Crippen LogP contribution in [0.25, 0.3) is 0 Å². The van der Waals surface area contributed by atoms with E-state index in [0.717, 1.165) is 25.1 Å². The minimum Gasteiger partial charge on any atom is -0.368 e. The lowest BCUT2D eigenvalue weighted by molar-refractivity contribution is -0.121. The van der Waals surface area contributed by atoms with E-state index in [1.54, 1.807) is 0 Å². The van der Waals surface area contributed by atoms with Gasteiger partial charge in [-0.2, -0.15) is 0 Å². The molecule has 0 spiro atoms. The van der Waals surface area contributed by atoms with Crippen molar-refractivity contribution in [1.82, 2.24) is 4.90 Å². The molecule has 1 heterocycles. The van der Waals surface area contributed by atoms with E-state index in [0.29, 0.717) is 6.54 Å². The Balaban J connectivity index is 2.63. The van der Waals surface area contributed by atoms with Crippen molar-refractivity contribution < 1.29 is 4.79 Å². The lowest BCUT2D eigenvalue weighted by Crippen LogP contribution is -2.40. The lowest BCUT2D eigenvalue weighted by atomic mass is 10.2. The van der Waals surface area contributed by atoms with Crippen LogP contribution in [-0.4, -0.2) is 29.9 Å². The number of nitrogens with zero attached hydrogens (tertiary/aromatic N) is 1. The van der Waals surface area contributed by atoms with Crippen molar-refractivity contribution in [3.63, 3.8) is 0 Å². The summed E-state index contributed by atoms with van der Waals surface area (Å²) in [6, 6.07) is -0.180. The van der Waals surface area contributed by atoms with Crippen molar-refractivity contribution in [3.05, 3.63) is 12.3 Å². The Morgan fingerprint density at radius 2 is 2.33 bits per heavy atom. The van der Waals surface area contributed by atoms with Gasteiger partial charge in [-0.3, -0.25) is 4.79 Å². The summed E-state index contributed by atoms with van der Waals surface area (Å²) in [6.07, 6.45) is 1.82. The van der Waals surface area contributed by atoms with Gasteiger partial charge in [0.2, 0.25) is 5.91 Å². The molecular formula is C8H15N3O. The Labute approximate surface area is 72.2 Å². The molecule has 1 aliphatic heterocycles. The molecule has 0 aromatic carbocycles. The first kappa shape index (κ1) is 9.06. The Bertz CT molecular complexity index is 202. The van der Waals surface area contributed by atoms with Crippen LogP contribution in [0.15, 0.2) is 12.3 Å². The van der Waals surface area contributed by atoms with E-state index in [1.807, 2.05) is 4.90 Å². The summed E-state index contributed by atoms with van der Waals surface area (Å²) in [7, 11) is 0. The SMILES string of the molecule is C=C(CN)N1CCCC1C(N)=O. The maximum Gasteiger partial charge on any atom is 0.240 e. The highest BCUT2D eigenvalue weighted by molar-refractivity contribution is 5.80. The van der Waals surface area contributed by atoms with E-state index in [2.05, 4.69) is 6.58 Å². The van der Waals surface area contributed by atoms with Crippen LogP contribution in [0.3, 0.4) is 0 Å². The number of hydrogen-bond acceptors (Lipinski definition) is 3. The maximum atomic E-state index is 10.9. The van der Waals surface area contributed by atoms with Crippen LogP contribution in [-0.2, 0) is 4.79 Å². The van der Waals surface area contributed by atoms with Gasteiger partial charge in [0.25, 0.3) is 0 Å². The summed E-state index contributed by atoms with van der Waals surface area (Å²) in [4.78, 5) is 12.8. The quantitative estimate of drug-likeness (QED) is 0.593. The summed E-state index contributed by atoms with van der Waals surface area (Å²) < 4.78 is 0. The normalized spacial score (nSPS) is 22.8. The van der Waals surface area contributed by atoms with Crippen molar-refractivity contribution in [2.75, 3.05) is 13.1 Å². The molecule has 12 heavy (non-hydrogen) atoms. The third-order valence-corrected chi connectivity index (χ3v) is 2.22.